The van der Waals surface area contributed by atoms with Crippen molar-refractivity contribution in [3.05, 3.63) is 64.5 Å². The number of carbonyl (C=O) groups excluding carboxylic acids is 1. The first-order valence-electron chi connectivity index (χ1n) is 13.1. The number of anilines is 1. The number of amides is 1. The molecule has 15 heteroatoms. The summed E-state index contributed by atoms with van der Waals surface area (Å²) in [6.07, 6.45) is -0.831. The number of nitrogens with zero attached hydrogens (tertiary/aromatic N) is 3. The molecule has 1 aromatic heterocycles. The summed E-state index contributed by atoms with van der Waals surface area (Å²) in [6, 6.07) is 9.61. The molecule has 0 radical (unpaired) electrons. The van der Waals surface area contributed by atoms with Crippen LogP contribution in [0.25, 0.3) is 0 Å². The Hall–Kier alpha value is -3.17. The van der Waals surface area contributed by atoms with Crippen LogP contribution in [0.15, 0.2) is 56.8 Å². The van der Waals surface area contributed by atoms with Crippen LogP contribution in [0.1, 0.15) is 35.7 Å². The van der Waals surface area contributed by atoms with Crippen molar-refractivity contribution in [1.29, 1.82) is 0 Å². The molecule has 0 bridgehead atoms. The highest BCUT2D eigenvalue weighted by atomic mass is 35.5. The SMILES string of the molecule is Cc1noc(C)c1S(=O)(=O)Nc1cccc2c1O[C@@H](CN(C)S(=O)(=O)c1ccc(Cl)cc1)[C@@H](C)CN([C@@H](C)CO)C2=O. The topological polar surface area (TPSA) is 159 Å². The number of rotatable bonds is 9. The van der Waals surface area contributed by atoms with E-state index in [2.05, 4.69) is 9.88 Å². The molecule has 2 aromatic carbocycles. The third-order valence-electron chi connectivity index (χ3n) is 7.13. The van der Waals surface area contributed by atoms with Crippen LogP contribution < -0.4 is 9.46 Å². The maximum absolute atomic E-state index is 13.7. The normalized spacial score (nSPS) is 18.7. The Labute approximate surface area is 250 Å². The summed E-state index contributed by atoms with van der Waals surface area (Å²) in [7, 11) is -6.77. The molecule has 2 heterocycles. The number of likely N-dealkylation sites (N-methyl/N-ethyl adjacent to an activating group) is 1. The highest BCUT2D eigenvalue weighted by molar-refractivity contribution is 7.92. The number of halogens is 1. The monoisotopic (exact) mass is 640 g/mol. The number of hydrogen-bond donors (Lipinski definition) is 2. The molecule has 2 N–H and O–H groups in total. The zero-order valence-electron chi connectivity index (χ0n) is 23.7. The van der Waals surface area contributed by atoms with Gasteiger partial charge in [-0.2, -0.15) is 4.31 Å². The van der Waals surface area contributed by atoms with Crippen LogP contribution in [0.2, 0.25) is 5.02 Å². The molecule has 4 rings (SSSR count). The van der Waals surface area contributed by atoms with Crippen LogP contribution in [0, 0.1) is 19.8 Å². The van der Waals surface area contributed by atoms with Gasteiger partial charge in [0.25, 0.3) is 15.9 Å². The maximum atomic E-state index is 13.7. The van der Waals surface area contributed by atoms with E-state index < -0.39 is 44.0 Å². The number of hydrogen-bond acceptors (Lipinski definition) is 9. The Balaban J connectivity index is 1.78. The fraction of sp³-hybridized carbons (Fsp3) is 0.407. The highest BCUT2D eigenvalue weighted by Crippen LogP contribution is 2.37. The first-order chi connectivity index (χ1) is 19.7. The summed E-state index contributed by atoms with van der Waals surface area (Å²) < 4.78 is 68.5. The molecular formula is C27H33ClN4O8S2. The molecule has 1 amide bonds. The molecule has 0 fully saturated rings. The van der Waals surface area contributed by atoms with Gasteiger partial charge >= 0.3 is 0 Å². The van der Waals surface area contributed by atoms with Crippen molar-refractivity contribution in [2.75, 3.05) is 31.5 Å². The van der Waals surface area contributed by atoms with Crippen LogP contribution in [0.3, 0.4) is 0 Å². The number of nitrogens with one attached hydrogen (secondary N) is 1. The quantitative estimate of drug-likeness (QED) is 0.358. The van der Waals surface area contributed by atoms with Gasteiger partial charge in [0.05, 0.1) is 35.3 Å². The number of benzene rings is 2. The van der Waals surface area contributed by atoms with E-state index in [1.807, 2.05) is 0 Å². The van der Waals surface area contributed by atoms with Crippen molar-refractivity contribution in [3.63, 3.8) is 0 Å². The van der Waals surface area contributed by atoms with Gasteiger partial charge in [-0.1, -0.05) is 29.7 Å². The Bertz CT molecular complexity index is 1660. The molecule has 0 saturated carbocycles. The van der Waals surface area contributed by atoms with Crippen molar-refractivity contribution in [2.24, 2.45) is 5.92 Å². The van der Waals surface area contributed by atoms with Crippen molar-refractivity contribution >= 4 is 43.2 Å². The van der Waals surface area contributed by atoms with Crippen LogP contribution >= 0.6 is 11.6 Å². The molecule has 3 atom stereocenters. The minimum atomic E-state index is -4.22. The van der Waals surface area contributed by atoms with E-state index in [0.29, 0.717) is 5.02 Å². The number of aliphatic hydroxyl groups is 1. The summed E-state index contributed by atoms with van der Waals surface area (Å²) >= 11 is 5.94. The van der Waals surface area contributed by atoms with Gasteiger partial charge < -0.3 is 19.3 Å². The predicted molar refractivity (Wildman–Crippen MR) is 156 cm³/mol. The predicted octanol–water partition coefficient (Wildman–Crippen LogP) is 3.29. The largest absolute Gasteiger partial charge is 0.486 e. The molecule has 1 aliphatic heterocycles. The molecule has 1 aliphatic rings. The lowest BCUT2D eigenvalue weighted by Gasteiger charge is -2.38. The lowest BCUT2D eigenvalue weighted by atomic mass is 9.99. The molecule has 228 valence electrons. The third-order valence-corrected chi connectivity index (χ3v) is 10.8. The second-order valence-electron chi connectivity index (χ2n) is 10.3. The lowest BCUT2D eigenvalue weighted by Crippen LogP contribution is -2.50. The molecule has 0 saturated heterocycles. The van der Waals surface area contributed by atoms with Gasteiger partial charge in [0.15, 0.2) is 16.4 Å². The Morgan fingerprint density at radius 2 is 1.83 bits per heavy atom. The summed E-state index contributed by atoms with van der Waals surface area (Å²) in [4.78, 5) is 15.1. The van der Waals surface area contributed by atoms with E-state index in [0.717, 1.165) is 4.31 Å². The first kappa shape index (κ1) is 31.8. The van der Waals surface area contributed by atoms with E-state index in [9.17, 15) is 26.7 Å². The molecule has 3 aromatic rings. The average Bonchev–Trinajstić information content (AvgIpc) is 3.28. The highest BCUT2D eigenvalue weighted by Gasteiger charge is 2.37. The van der Waals surface area contributed by atoms with E-state index >= 15 is 0 Å². The van der Waals surface area contributed by atoms with Crippen molar-refractivity contribution < 1.29 is 36.0 Å². The van der Waals surface area contributed by atoms with Crippen molar-refractivity contribution in [2.45, 2.75) is 49.6 Å². The fourth-order valence-corrected chi connectivity index (χ4v) is 7.44. The van der Waals surface area contributed by atoms with E-state index in [-0.39, 0.29) is 57.9 Å². The van der Waals surface area contributed by atoms with E-state index in [1.165, 1.54) is 68.3 Å². The van der Waals surface area contributed by atoms with Gasteiger partial charge in [-0.05, 0) is 57.2 Å². The number of fused-ring (bicyclic) bond motifs is 1. The van der Waals surface area contributed by atoms with Crippen molar-refractivity contribution in [1.82, 2.24) is 14.4 Å². The van der Waals surface area contributed by atoms with Crippen LogP contribution in [-0.2, 0) is 20.0 Å². The standard InChI is InChI=1S/C27H33ClN4O8S2/c1-16-13-32(17(2)15-33)27(34)22-7-6-8-23(30-41(35,36)26-18(3)29-40-19(26)4)25(22)39-24(16)14-31(5)42(37,38)21-11-9-20(28)10-12-21/h6-12,16-17,24,30,33H,13-15H2,1-5H3/t16-,17-,24-/m0/s1. The van der Waals surface area contributed by atoms with Gasteiger partial charge in [0, 0.05) is 24.5 Å². The van der Waals surface area contributed by atoms with Gasteiger partial charge in [0.2, 0.25) is 10.0 Å². The van der Waals surface area contributed by atoms with Gasteiger partial charge in [-0.15, -0.1) is 0 Å². The summed E-state index contributed by atoms with van der Waals surface area (Å²) in [5.41, 5.74) is 0.174. The minimum absolute atomic E-state index is 0.0280. The second kappa shape index (κ2) is 12.2. The average molecular weight is 641 g/mol. The molecule has 0 aliphatic carbocycles. The molecule has 12 nitrogen and oxygen atoms in total. The van der Waals surface area contributed by atoms with E-state index in [4.69, 9.17) is 20.9 Å². The third kappa shape index (κ3) is 6.27. The maximum Gasteiger partial charge on any atom is 0.267 e. The first-order valence-corrected chi connectivity index (χ1v) is 16.4. The van der Waals surface area contributed by atoms with Gasteiger partial charge in [-0.3, -0.25) is 9.52 Å². The minimum Gasteiger partial charge on any atom is -0.486 e. The number of carbonyl (C=O) groups is 1. The van der Waals surface area contributed by atoms with Gasteiger partial charge in [-0.25, -0.2) is 16.8 Å². The smallest absolute Gasteiger partial charge is 0.267 e. The zero-order valence-corrected chi connectivity index (χ0v) is 26.1. The number of aryl methyl sites for hydroxylation is 2. The number of aliphatic hydroxyl groups excluding tert-OH is 1. The molecule has 42 heavy (non-hydrogen) atoms. The fourth-order valence-electron chi connectivity index (χ4n) is 4.73. The molecule has 0 spiro atoms. The molecule has 0 unspecified atom stereocenters. The number of ether oxygens (including phenoxy) is 1. The summed E-state index contributed by atoms with van der Waals surface area (Å²) in [6.45, 7) is 6.13. The van der Waals surface area contributed by atoms with Crippen LogP contribution in [0.4, 0.5) is 5.69 Å². The summed E-state index contributed by atoms with van der Waals surface area (Å²) in [5, 5.41) is 14.0. The number of sulfonamides is 2. The lowest BCUT2D eigenvalue weighted by molar-refractivity contribution is 0.0389. The van der Waals surface area contributed by atoms with E-state index in [1.54, 1.807) is 13.8 Å². The zero-order chi connectivity index (χ0) is 31.0. The van der Waals surface area contributed by atoms with Gasteiger partial charge in [0.1, 0.15) is 11.8 Å². The Kier molecular flexibility index (Phi) is 9.23. The number of para-hydroxylation sites is 1. The molecular weight excluding hydrogens is 608 g/mol. The Morgan fingerprint density at radius 1 is 1.17 bits per heavy atom. The van der Waals surface area contributed by atoms with Crippen LogP contribution in [0.5, 0.6) is 5.75 Å². The number of aromatic nitrogens is 1. The Morgan fingerprint density at radius 3 is 2.43 bits per heavy atom. The van der Waals surface area contributed by atoms with Crippen molar-refractivity contribution in [3.8, 4) is 5.75 Å². The summed E-state index contributed by atoms with van der Waals surface area (Å²) in [5.74, 6) is -0.898. The second-order valence-corrected chi connectivity index (χ2v) is 14.4. The van der Waals surface area contributed by atoms with Crippen LogP contribution in [-0.4, -0.2) is 81.1 Å².